The van der Waals surface area contributed by atoms with E-state index in [2.05, 4.69) is 5.09 Å². The molecule has 1 saturated heterocycles. The summed E-state index contributed by atoms with van der Waals surface area (Å²) in [5, 5.41) is 12.8. The third kappa shape index (κ3) is 5.80. The zero-order valence-electron chi connectivity index (χ0n) is 25.4. The molecule has 0 spiro atoms. The number of esters is 1. The number of halogens is 1. The number of carbonyl (C=O) groups is 1. The molecule has 0 aliphatic carbocycles. The van der Waals surface area contributed by atoms with Crippen molar-refractivity contribution in [3.8, 4) is 17.2 Å². The van der Waals surface area contributed by atoms with Gasteiger partial charge in [-0.3, -0.25) is 4.57 Å². The van der Waals surface area contributed by atoms with Gasteiger partial charge < -0.3 is 19.1 Å². The van der Waals surface area contributed by atoms with E-state index >= 15 is 4.39 Å². The fourth-order valence-electron chi connectivity index (χ4n) is 5.27. The Hall–Kier alpha value is -3.35. The minimum atomic E-state index is -4.42. The van der Waals surface area contributed by atoms with Crippen LogP contribution in [-0.4, -0.2) is 28.3 Å². The molecule has 3 aromatic carbocycles. The third-order valence-corrected chi connectivity index (χ3v) is 10.5. The zero-order chi connectivity index (χ0) is 30.9. The normalized spacial score (nSPS) is 23.5. The first-order valence-electron chi connectivity index (χ1n) is 14.4. The molecule has 2 N–H and O–H groups in total. The molecule has 3 aromatic rings. The molecule has 1 fully saturated rings. The van der Waals surface area contributed by atoms with Crippen LogP contribution in [0.4, 0.5) is 4.39 Å². The molecule has 9 heteroatoms. The Morgan fingerprint density at radius 2 is 1.62 bits per heavy atom. The summed E-state index contributed by atoms with van der Waals surface area (Å²) in [6, 6.07) is 17.1. The van der Waals surface area contributed by atoms with Gasteiger partial charge >= 0.3 is 19.1 Å². The average molecular weight is 598 g/mol. The van der Waals surface area contributed by atoms with E-state index in [0.717, 1.165) is 27.8 Å². The maximum Gasteiger partial charge on any atom is 0.396 e. The van der Waals surface area contributed by atoms with Gasteiger partial charge in [-0.25, -0.2) is 9.88 Å². The van der Waals surface area contributed by atoms with E-state index in [9.17, 15) is 14.5 Å². The first kappa shape index (κ1) is 31.6. The number of rotatable bonds is 11. The summed E-state index contributed by atoms with van der Waals surface area (Å²) in [6.07, 6.45) is 1.28. The van der Waals surface area contributed by atoms with Crippen LogP contribution in [0.2, 0.25) is 0 Å². The van der Waals surface area contributed by atoms with Crippen molar-refractivity contribution >= 4 is 13.5 Å². The lowest BCUT2D eigenvalue weighted by molar-refractivity contribution is -0.177. The molecule has 0 amide bonds. The summed E-state index contributed by atoms with van der Waals surface area (Å²) in [6.45, 7) is 12.9. The topological polar surface area (TPSA) is 94.1 Å². The summed E-state index contributed by atoms with van der Waals surface area (Å²) in [5.41, 5.74) is -0.558. The van der Waals surface area contributed by atoms with Gasteiger partial charge in [0.05, 0.1) is 0 Å². The number of hydrogen-bond donors (Lipinski definition) is 2. The van der Waals surface area contributed by atoms with E-state index in [1.165, 1.54) is 6.92 Å². The molecule has 0 bridgehead atoms. The number of phenols is 1. The fraction of sp³-hybridized carbons (Fsp3) is 0.424. The number of carbonyl (C=O) groups excluding carboxylic acids is 1. The molecule has 4 rings (SSSR count). The molecule has 1 heterocycles. The molecule has 2 unspecified atom stereocenters. The zero-order valence-corrected chi connectivity index (χ0v) is 26.3. The Morgan fingerprint density at radius 3 is 2.19 bits per heavy atom. The van der Waals surface area contributed by atoms with Crippen LogP contribution in [0.25, 0.3) is 0 Å². The Bertz CT molecular complexity index is 1470. The Morgan fingerprint density at radius 1 is 1.00 bits per heavy atom. The van der Waals surface area contributed by atoms with Crippen molar-refractivity contribution in [3.05, 3.63) is 88.5 Å². The van der Waals surface area contributed by atoms with Crippen molar-refractivity contribution in [2.75, 3.05) is 0 Å². The molecule has 3 atom stereocenters. The highest BCUT2D eigenvalue weighted by Crippen LogP contribution is 2.70. The van der Waals surface area contributed by atoms with E-state index in [0.29, 0.717) is 19.3 Å². The number of aromatic hydroxyl groups is 1. The van der Waals surface area contributed by atoms with Gasteiger partial charge in [-0.15, -0.1) is 0 Å². The van der Waals surface area contributed by atoms with E-state index in [1.807, 2.05) is 53.7 Å². The summed E-state index contributed by atoms with van der Waals surface area (Å²) < 4.78 is 48.3. The SMILES string of the molecule is CCC(CC)OC(=O)[C@]1(C)NP(=O)(Oc2ccccc2)C1(F)Oc1cc(C)c(Cc2ccc(O)c(C(C)C)c2)c(C)c1. The second-order valence-electron chi connectivity index (χ2n) is 11.5. The summed E-state index contributed by atoms with van der Waals surface area (Å²) in [7, 11) is -4.42. The van der Waals surface area contributed by atoms with Gasteiger partial charge in [0.25, 0.3) is 0 Å². The van der Waals surface area contributed by atoms with Crippen LogP contribution in [0.1, 0.15) is 81.2 Å². The summed E-state index contributed by atoms with van der Waals surface area (Å²) in [4.78, 5) is 13.3. The molecular formula is C33H41FNO6P. The molecule has 1 aliphatic rings. The van der Waals surface area contributed by atoms with Crippen molar-refractivity contribution in [2.45, 2.75) is 90.9 Å². The number of benzene rings is 3. The summed E-state index contributed by atoms with van der Waals surface area (Å²) >= 11 is 0. The van der Waals surface area contributed by atoms with Gasteiger partial charge in [-0.1, -0.05) is 58.0 Å². The number of para-hydroxylation sites is 1. The third-order valence-electron chi connectivity index (χ3n) is 7.95. The Balaban J connectivity index is 1.68. The highest BCUT2D eigenvalue weighted by Gasteiger charge is 2.82. The lowest BCUT2D eigenvalue weighted by Crippen LogP contribution is -2.76. The Labute approximate surface area is 247 Å². The summed E-state index contributed by atoms with van der Waals surface area (Å²) in [5.74, 6) is -0.183. The molecular weight excluding hydrogens is 556 g/mol. The van der Waals surface area contributed by atoms with Gasteiger partial charge in [0.1, 0.15) is 23.4 Å². The maximum atomic E-state index is 17.2. The van der Waals surface area contributed by atoms with Crippen LogP contribution in [0.15, 0.2) is 60.7 Å². The second kappa shape index (κ2) is 12.1. The number of nitrogens with one attached hydrogen (secondary N) is 1. The van der Waals surface area contributed by atoms with Crippen molar-refractivity contribution in [3.63, 3.8) is 0 Å². The second-order valence-corrected chi connectivity index (χ2v) is 13.5. The monoisotopic (exact) mass is 597 g/mol. The van der Waals surface area contributed by atoms with Crippen LogP contribution in [-0.2, 0) is 20.5 Å². The van der Waals surface area contributed by atoms with Crippen molar-refractivity contribution in [1.82, 2.24) is 5.09 Å². The molecule has 1 aliphatic heterocycles. The highest BCUT2D eigenvalue weighted by molar-refractivity contribution is 7.60. The number of hydrogen-bond acceptors (Lipinski definition) is 6. The van der Waals surface area contributed by atoms with Crippen LogP contribution >= 0.6 is 7.52 Å². The number of phenolic OH excluding ortho intramolecular Hbond substituents is 1. The molecule has 42 heavy (non-hydrogen) atoms. The van der Waals surface area contributed by atoms with Crippen LogP contribution in [0, 0.1) is 13.8 Å². The van der Waals surface area contributed by atoms with E-state index < -0.39 is 30.7 Å². The molecule has 0 radical (unpaired) electrons. The van der Waals surface area contributed by atoms with Gasteiger partial charge in [0.15, 0.2) is 0 Å². The van der Waals surface area contributed by atoms with E-state index in [1.54, 1.807) is 48.5 Å². The highest BCUT2D eigenvalue weighted by atomic mass is 31.2. The van der Waals surface area contributed by atoms with E-state index in [-0.39, 0.29) is 23.2 Å². The first-order valence-corrected chi connectivity index (χ1v) is 16.0. The standard InChI is InChI=1S/C33H41FNO6P/c1-8-25(9-2)39-31(37)32(7)33(34,42(38,35-32)41-26-13-11-10-12-14-26)40-27-17-22(5)29(23(6)18-27)20-24-15-16-30(36)28(19-24)21(3)4/h10-19,21,25,36H,8-9,20H2,1-7H3,(H,35,38)/t32-,33?,42?/m0/s1. The lowest BCUT2D eigenvalue weighted by atomic mass is 9.93. The van der Waals surface area contributed by atoms with E-state index in [4.69, 9.17) is 14.0 Å². The minimum Gasteiger partial charge on any atom is -0.508 e. The predicted molar refractivity (Wildman–Crippen MR) is 162 cm³/mol. The average Bonchev–Trinajstić information content (AvgIpc) is 2.94. The van der Waals surface area contributed by atoms with Gasteiger partial charge in [-0.2, -0.15) is 4.39 Å². The van der Waals surface area contributed by atoms with Crippen molar-refractivity contribution in [2.24, 2.45) is 0 Å². The Kier molecular flexibility index (Phi) is 9.10. The minimum absolute atomic E-state index is 0.116. The van der Waals surface area contributed by atoms with Crippen LogP contribution < -0.4 is 14.3 Å². The number of ether oxygens (including phenoxy) is 2. The number of aryl methyl sites for hydroxylation is 2. The maximum absolute atomic E-state index is 17.2. The largest absolute Gasteiger partial charge is 0.508 e. The smallest absolute Gasteiger partial charge is 0.396 e. The molecule has 7 nitrogen and oxygen atoms in total. The first-order chi connectivity index (χ1) is 19.8. The van der Waals surface area contributed by atoms with Crippen LogP contribution in [0.5, 0.6) is 17.2 Å². The van der Waals surface area contributed by atoms with Crippen LogP contribution in [0.3, 0.4) is 0 Å². The number of alkyl halides is 1. The lowest BCUT2D eigenvalue weighted by Gasteiger charge is -2.53. The molecule has 226 valence electrons. The predicted octanol–water partition coefficient (Wildman–Crippen LogP) is 8.09. The quantitative estimate of drug-likeness (QED) is 0.170. The molecule has 0 saturated carbocycles. The van der Waals surface area contributed by atoms with Gasteiger partial charge in [0.2, 0.25) is 5.54 Å². The van der Waals surface area contributed by atoms with Gasteiger partial charge in [-0.05, 0) is 104 Å². The van der Waals surface area contributed by atoms with Crippen molar-refractivity contribution in [1.29, 1.82) is 0 Å². The van der Waals surface area contributed by atoms with Gasteiger partial charge in [0, 0.05) is 0 Å². The fourth-order valence-corrected chi connectivity index (χ4v) is 7.62. The van der Waals surface area contributed by atoms with Crippen molar-refractivity contribution < 1.29 is 32.9 Å². The molecule has 0 aromatic heterocycles.